The molecule has 0 amide bonds. The predicted octanol–water partition coefficient (Wildman–Crippen LogP) is 9.69. The van der Waals surface area contributed by atoms with Crippen LogP contribution in [0.25, 0.3) is 60.9 Å². The first-order valence-electron chi connectivity index (χ1n) is 14.3. The third kappa shape index (κ3) is 3.42. The Bertz CT molecular complexity index is 2240. The second-order valence-corrected chi connectivity index (χ2v) is 11.5. The van der Waals surface area contributed by atoms with Gasteiger partial charge in [-0.3, -0.25) is 0 Å². The van der Waals surface area contributed by atoms with Gasteiger partial charge in [-0.15, -0.1) is 0 Å². The van der Waals surface area contributed by atoms with E-state index in [9.17, 15) is 5.26 Å². The molecule has 0 radical (unpaired) electrons. The molecule has 0 bridgehead atoms. The van der Waals surface area contributed by atoms with E-state index in [-0.39, 0.29) is 5.41 Å². The van der Waals surface area contributed by atoms with Crippen LogP contribution in [-0.2, 0) is 5.41 Å². The second kappa shape index (κ2) is 9.03. The number of pyridine rings is 1. The Balaban J connectivity index is 1.34. The molecule has 0 spiro atoms. The molecule has 5 aromatic carbocycles. The number of aromatic nitrogens is 2. The molecule has 0 saturated carbocycles. The number of nitriles is 1. The largest absolute Gasteiger partial charge is 0.309 e. The molecule has 3 nitrogen and oxygen atoms in total. The summed E-state index contributed by atoms with van der Waals surface area (Å²) in [6.07, 6.45) is 1.66. The zero-order valence-corrected chi connectivity index (χ0v) is 23.5. The monoisotopic (exact) mass is 537 g/mol. The van der Waals surface area contributed by atoms with E-state index in [0.29, 0.717) is 5.69 Å². The third-order valence-electron chi connectivity index (χ3n) is 8.88. The molecule has 1 aliphatic carbocycles. The number of rotatable bonds is 3. The van der Waals surface area contributed by atoms with Crippen molar-refractivity contribution in [3.63, 3.8) is 0 Å². The maximum atomic E-state index is 9.61. The summed E-state index contributed by atoms with van der Waals surface area (Å²) < 4.78 is 2.41. The summed E-state index contributed by atoms with van der Waals surface area (Å²) in [4.78, 5) is 4.27. The van der Waals surface area contributed by atoms with E-state index >= 15 is 0 Å². The van der Waals surface area contributed by atoms with E-state index in [1.165, 1.54) is 44.1 Å². The number of benzene rings is 5. The molecule has 42 heavy (non-hydrogen) atoms. The van der Waals surface area contributed by atoms with Gasteiger partial charge in [0.1, 0.15) is 11.8 Å². The van der Waals surface area contributed by atoms with Crippen molar-refractivity contribution in [1.82, 2.24) is 9.55 Å². The minimum absolute atomic E-state index is 0.0999. The predicted molar refractivity (Wildman–Crippen MR) is 172 cm³/mol. The number of nitrogens with zero attached hydrogens (tertiary/aromatic N) is 3. The Kier molecular flexibility index (Phi) is 5.23. The van der Waals surface area contributed by atoms with Gasteiger partial charge in [0.25, 0.3) is 0 Å². The smallest absolute Gasteiger partial charge is 0.148 e. The first-order chi connectivity index (χ1) is 20.6. The SMILES string of the molecule is CC1(C)c2ccccc2-c2ccc3c(c21)c1ccccc1n3-c1cccc(-c2cccc(-c3cccnc3C#N)c2)c1. The highest BCUT2D eigenvalue weighted by Gasteiger charge is 2.37. The fraction of sp³-hybridized carbons (Fsp3) is 0.0769. The highest BCUT2D eigenvalue weighted by molar-refractivity contribution is 6.14. The Hall–Kier alpha value is -5.46. The zero-order valence-electron chi connectivity index (χ0n) is 23.5. The van der Waals surface area contributed by atoms with Crippen LogP contribution in [0.2, 0.25) is 0 Å². The van der Waals surface area contributed by atoms with Crippen molar-refractivity contribution in [1.29, 1.82) is 5.26 Å². The van der Waals surface area contributed by atoms with Crippen LogP contribution in [0.15, 0.2) is 128 Å². The van der Waals surface area contributed by atoms with Crippen LogP contribution in [0, 0.1) is 11.3 Å². The van der Waals surface area contributed by atoms with Crippen molar-refractivity contribution in [2.75, 3.05) is 0 Å². The van der Waals surface area contributed by atoms with Crippen molar-refractivity contribution >= 4 is 21.8 Å². The van der Waals surface area contributed by atoms with Crippen LogP contribution >= 0.6 is 0 Å². The summed E-state index contributed by atoms with van der Waals surface area (Å²) >= 11 is 0. The minimum Gasteiger partial charge on any atom is -0.309 e. The maximum Gasteiger partial charge on any atom is 0.148 e. The zero-order chi connectivity index (χ0) is 28.4. The summed E-state index contributed by atoms with van der Waals surface area (Å²) in [7, 11) is 0. The molecule has 198 valence electrons. The van der Waals surface area contributed by atoms with Gasteiger partial charge in [-0.1, -0.05) is 92.7 Å². The first kappa shape index (κ1) is 24.3. The summed E-state index contributed by atoms with van der Waals surface area (Å²) in [5, 5.41) is 12.2. The van der Waals surface area contributed by atoms with Crippen molar-refractivity contribution in [2.45, 2.75) is 19.3 Å². The molecule has 2 aromatic heterocycles. The number of hydrogen-bond acceptors (Lipinski definition) is 2. The third-order valence-corrected chi connectivity index (χ3v) is 8.88. The summed E-state index contributed by atoms with van der Waals surface area (Å²) in [5.41, 5.74) is 13.4. The van der Waals surface area contributed by atoms with Crippen molar-refractivity contribution in [2.24, 2.45) is 0 Å². The van der Waals surface area contributed by atoms with Gasteiger partial charge in [-0.2, -0.15) is 5.26 Å². The van der Waals surface area contributed by atoms with Crippen LogP contribution in [0.3, 0.4) is 0 Å². The molecule has 0 saturated heterocycles. The Morgan fingerprint density at radius 1 is 0.643 bits per heavy atom. The average Bonchev–Trinajstić information content (AvgIpc) is 3.50. The number of para-hydroxylation sites is 1. The van der Waals surface area contributed by atoms with Gasteiger partial charge in [-0.25, -0.2) is 4.98 Å². The van der Waals surface area contributed by atoms with E-state index in [4.69, 9.17) is 0 Å². The molecule has 3 heteroatoms. The lowest BCUT2D eigenvalue weighted by molar-refractivity contribution is 0.666. The normalized spacial score (nSPS) is 13.2. The molecule has 0 atom stereocenters. The topological polar surface area (TPSA) is 41.6 Å². The molecule has 1 aliphatic rings. The van der Waals surface area contributed by atoms with Gasteiger partial charge in [-0.05, 0) is 81.4 Å². The van der Waals surface area contributed by atoms with E-state index in [1.807, 2.05) is 18.2 Å². The lowest BCUT2D eigenvalue weighted by atomic mass is 9.80. The molecule has 2 heterocycles. The molecule has 8 rings (SSSR count). The van der Waals surface area contributed by atoms with Gasteiger partial charge < -0.3 is 4.57 Å². The van der Waals surface area contributed by atoms with E-state index in [2.05, 4.69) is 133 Å². The highest BCUT2D eigenvalue weighted by Crippen LogP contribution is 2.53. The van der Waals surface area contributed by atoms with Gasteiger partial charge in [0.15, 0.2) is 0 Å². The summed E-state index contributed by atoms with van der Waals surface area (Å²) in [5.74, 6) is 0. The number of hydrogen-bond donors (Lipinski definition) is 0. The van der Waals surface area contributed by atoms with Gasteiger partial charge in [0.2, 0.25) is 0 Å². The lowest BCUT2D eigenvalue weighted by Gasteiger charge is -2.22. The molecular formula is C39H27N3. The fourth-order valence-corrected chi connectivity index (χ4v) is 7.03. The molecule has 0 unspecified atom stereocenters. The van der Waals surface area contributed by atoms with Crippen molar-refractivity contribution in [3.05, 3.63) is 144 Å². The van der Waals surface area contributed by atoms with Gasteiger partial charge in [0, 0.05) is 33.6 Å². The lowest BCUT2D eigenvalue weighted by Crippen LogP contribution is -2.15. The Morgan fingerprint density at radius 3 is 2.26 bits per heavy atom. The van der Waals surface area contributed by atoms with E-state index in [0.717, 1.165) is 27.9 Å². The van der Waals surface area contributed by atoms with Crippen LogP contribution in [0.5, 0.6) is 0 Å². The van der Waals surface area contributed by atoms with Crippen LogP contribution in [0.1, 0.15) is 30.7 Å². The molecule has 7 aromatic rings. The number of fused-ring (bicyclic) bond motifs is 7. The van der Waals surface area contributed by atoms with Crippen molar-refractivity contribution < 1.29 is 0 Å². The van der Waals surface area contributed by atoms with E-state index in [1.54, 1.807) is 6.20 Å². The van der Waals surface area contributed by atoms with Crippen molar-refractivity contribution in [3.8, 4) is 45.1 Å². The highest BCUT2D eigenvalue weighted by atomic mass is 15.0. The van der Waals surface area contributed by atoms with Gasteiger partial charge >= 0.3 is 0 Å². The molecule has 0 aliphatic heterocycles. The molecule has 0 fully saturated rings. The first-order valence-corrected chi connectivity index (χ1v) is 14.3. The quantitative estimate of drug-likeness (QED) is 0.225. The molecule has 0 N–H and O–H groups in total. The minimum atomic E-state index is -0.0999. The van der Waals surface area contributed by atoms with Crippen LogP contribution in [0.4, 0.5) is 0 Å². The standard InChI is InChI=1S/C39H27N3/c1-39(2)33-17-5-3-14-30(33)31-19-20-36-37(38(31)39)32-15-4-6-18-35(32)42(36)28-13-8-11-26(23-28)25-10-7-12-27(22-25)29-16-9-21-41-34(29)24-40/h3-23H,1-2H3. The molecular weight excluding hydrogens is 510 g/mol. The van der Waals surface area contributed by atoms with E-state index < -0.39 is 0 Å². The fourth-order valence-electron chi connectivity index (χ4n) is 7.03. The average molecular weight is 538 g/mol. The second-order valence-electron chi connectivity index (χ2n) is 11.5. The van der Waals surface area contributed by atoms with Crippen LogP contribution in [-0.4, -0.2) is 9.55 Å². The summed E-state index contributed by atoms with van der Waals surface area (Å²) in [6, 6.07) is 45.4. The van der Waals surface area contributed by atoms with Gasteiger partial charge in [0.05, 0.1) is 11.0 Å². The van der Waals surface area contributed by atoms with Crippen LogP contribution < -0.4 is 0 Å². The summed E-state index contributed by atoms with van der Waals surface area (Å²) in [6.45, 7) is 4.72. The Labute approximate surface area is 245 Å². The maximum absolute atomic E-state index is 9.61. The Morgan fingerprint density at radius 2 is 1.38 bits per heavy atom.